The van der Waals surface area contributed by atoms with E-state index in [1.165, 1.54) is 7.11 Å². The Kier molecular flexibility index (Phi) is 1.68. The lowest BCUT2D eigenvalue weighted by atomic mass is 9.90. The van der Waals surface area contributed by atoms with Crippen LogP contribution in [0.15, 0.2) is 12.2 Å². The minimum atomic E-state index is -0.153. The summed E-state index contributed by atoms with van der Waals surface area (Å²) < 4.78 is 4.70. The summed E-state index contributed by atoms with van der Waals surface area (Å²) in [6.45, 7) is 0. The van der Waals surface area contributed by atoms with Crippen molar-refractivity contribution in [3.63, 3.8) is 0 Å². The lowest BCUT2D eigenvalue weighted by Gasteiger charge is -2.21. The summed E-state index contributed by atoms with van der Waals surface area (Å²) in [4.78, 5) is 11.3. The number of rotatable bonds is 1. The predicted molar refractivity (Wildman–Crippen MR) is 44.2 cm³/mol. The molecule has 66 valence electrons. The summed E-state index contributed by atoms with van der Waals surface area (Å²) in [7, 11) is 1.42. The van der Waals surface area contributed by atoms with Crippen LogP contribution in [0, 0.1) is 17.8 Å². The van der Waals surface area contributed by atoms with Crippen molar-refractivity contribution in [1.82, 2.24) is 0 Å². The number of carbonyl (C=O) groups is 1. The van der Waals surface area contributed by atoms with E-state index in [1.54, 1.807) is 0 Å². The number of fused-ring (bicyclic) bond motifs is 2. The summed E-state index contributed by atoms with van der Waals surface area (Å²) >= 11 is 0. The summed E-state index contributed by atoms with van der Waals surface area (Å²) in [5, 5.41) is 0. The van der Waals surface area contributed by atoms with E-state index in [-0.39, 0.29) is 17.9 Å². The number of methoxy groups -OCH3 is 1. The van der Waals surface area contributed by atoms with Crippen molar-refractivity contribution in [2.24, 2.45) is 23.5 Å². The van der Waals surface area contributed by atoms with Crippen molar-refractivity contribution in [3.05, 3.63) is 12.2 Å². The van der Waals surface area contributed by atoms with Gasteiger partial charge in [0.2, 0.25) is 0 Å². The molecule has 0 spiro atoms. The minimum Gasteiger partial charge on any atom is -0.469 e. The van der Waals surface area contributed by atoms with Gasteiger partial charge in [-0.1, -0.05) is 12.2 Å². The fourth-order valence-corrected chi connectivity index (χ4v) is 2.33. The lowest BCUT2D eigenvalue weighted by molar-refractivity contribution is -0.146. The largest absolute Gasteiger partial charge is 0.469 e. The zero-order valence-corrected chi connectivity index (χ0v) is 7.07. The zero-order valence-electron chi connectivity index (χ0n) is 7.07. The third-order valence-electron chi connectivity index (χ3n) is 2.99. The van der Waals surface area contributed by atoms with Crippen molar-refractivity contribution >= 4 is 5.97 Å². The van der Waals surface area contributed by atoms with Crippen LogP contribution in [-0.4, -0.2) is 19.1 Å². The van der Waals surface area contributed by atoms with Gasteiger partial charge in [0.25, 0.3) is 0 Å². The van der Waals surface area contributed by atoms with Crippen LogP contribution >= 0.6 is 0 Å². The van der Waals surface area contributed by atoms with Crippen LogP contribution in [0.1, 0.15) is 6.42 Å². The van der Waals surface area contributed by atoms with Gasteiger partial charge in [0.05, 0.1) is 13.0 Å². The maximum absolute atomic E-state index is 11.3. The van der Waals surface area contributed by atoms with Crippen molar-refractivity contribution in [3.8, 4) is 0 Å². The molecule has 0 amide bonds. The molecule has 4 atom stereocenters. The fourth-order valence-electron chi connectivity index (χ4n) is 2.33. The predicted octanol–water partition coefficient (Wildman–Crippen LogP) is 0.309. The average Bonchev–Trinajstić information content (AvgIpc) is 2.63. The highest BCUT2D eigenvalue weighted by molar-refractivity contribution is 5.75. The molecule has 0 heterocycles. The number of esters is 1. The SMILES string of the molecule is COC(=O)[C@H]1[C@@H](N)[C@H]2C=C[C@H]1C2. The Hall–Kier alpha value is -0.830. The number of hydrogen-bond donors (Lipinski definition) is 1. The van der Waals surface area contributed by atoms with E-state index < -0.39 is 0 Å². The molecule has 0 saturated heterocycles. The second kappa shape index (κ2) is 2.59. The average molecular weight is 167 g/mol. The normalized spacial score (nSPS) is 43.5. The van der Waals surface area contributed by atoms with Gasteiger partial charge in [0.15, 0.2) is 0 Å². The molecule has 2 bridgehead atoms. The maximum atomic E-state index is 11.3. The number of carbonyl (C=O) groups excluding carboxylic acids is 1. The smallest absolute Gasteiger partial charge is 0.310 e. The molecule has 1 fully saturated rings. The summed E-state index contributed by atoms with van der Waals surface area (Å²) in [6, 6.07) is -0.0209. The first-order chi connectivity index (χ1) is 5.74. The molecular weight excluding hydrogens is 154 g/mol. The second-order valence-electron chi connectivity index (χ2n) is 3.57. The van der Waals surface area contributed by atoms with Crippen LogP contribution in [0.3, 0.4) is 0 Å². The molecule has 0 aromatic rings. The van der Waals surface area contributed by atoms with Gasteiger partial charge in [-0.25, -0.2) is 0 Å². The van der Waals surface area contributed by atoms with Gasteiger partial charge in [-0.15, -0.1) is 0 Å². The van der Waals surface area contributed by atoms with Gasteiger partial charge in [-0.05, 0) is 18.3 Å². The van der Waals surface area contributed by atoms with Crippen LogP contribution in [0.5, 0.6) is 0 Å². The van der Waals surface area contributed by atoms with Gasteiger partial charge in [0.1, 0.15) is 0 Å². The molecule has 2 rings (SSSR count). The van der Waals surface area contributed by atoms with E-state index in [0.717, 1.165) is 6.42 Å². The Bertz CT molecular complexity index is 237. The molecule has 12 heavy (non-hydrogen) atoms. The van der Waals surface area contributed by atoms with E-state index >= 15 is 0 Å². The van der Waals surface area contributed by atoms with Crippen LogP contribution in [0.2, 0.25) is 0 Å². The molecule has 1 saturated carbocycles. The topological polar surface area (TPSA) is 52.3 Å². The highest BCUT2D eigenvalue weighted by Gasteiger charge is 2.46. The van der Waals surface area contributed by atoms with Crippen LogP contribution in [-0.2, 0) is 9.53 Å². The second-order valence-corrected chi connectivity index (χ2v) is 3.57. The first kappa shape index (κ1) is 7.80. The Morgan fingerprint density at radius 2 is 2.17 bits per heavy atom. The molecule has 3 heteroatoms. The van der Waals surface area contributed by atoms with E-state index in [9.17, 15) is 4.79 Å². The molecule has 2 aliphatic carbocycles. The molecule has 0 aromatic heterocycles. The highest BCUT2D eigenvalue weighted by Crippen LogP contribution is 2.42. The Balaban J connectivity index is 2.18. The van der Waals surface area contributed by atoms with Crippen LogP contribution in [0.25, 0.3) is 0 Å². The molecular formula is C9H13NO2. The van der Waals surface area contributed by atoms with Gasteiger partial charge in [-0.3, -0.25) is 4.79 Å². The molecule has 2 N–H and O–H groups in total. The molecule has 0 aromatic carbocycles. The molecule has 0 radical (unpaired) electrons. The first-order valence-electron chi connectivity index (χ1n) is 4.26. The maximum Gasteiger partial charge on any atom is 0.310 e. The van der Waals surface area contributed by atoms with E-state index in [2.05, 4.69) is 12.2 Å². The first-order valence-corrected chi connectivity index (χ1v) is 4.26. The molecule has 0 unspecified atom stereocenters. The number of ether oxygens (including phenoxy) is 1. The zero-order chi connectivity index (χ0) is 8.72. The summed E-state index contributed by atoms with van der Waals surface area (Å²) in [6.07, 6.45) is 5.24. The van der Waals surface area contributed by atoms with Gasteiger partial charge >= 0.3 is 5.97 Å². The third-order valence-corrected chi connectivity index (χ3v) is 2.99. The monoisotopic (exact) mass is 167 g/mol. The Morgan fingerprint density at radius 1 is 1.50 bits per heavy atom. The van der Waals surface area contributed by atoms with E-state index in [4.69, 9.17) is 10.5 Å². The van der Waals surface area contributed by atoms with Crippen LogP contribution < -0.4 is 5.73 Å². The number of nitrogens with two attached hydrogens (primary N) is 1. The number of hydrogen-bond acceptors (Lipinski definition) is 3. The van der Waals surface area contributed by atoms with Crippen LogP contribution in [0.4, 0.5) is 0 Å². The summed E-state index contributed by atoms with van der Waals surface area (Å²) in [5.74, 6) is 0.487. The van der Waals surface area contributed by atoms with Gasteiger partial charge in [0, 0.05) is 6.04 Å². The van der Waals surface area contributed by atoms with Crippen molar-refractivity contribution in [2.75, 3.05) is 7.11 Å². The van der Waals surface area contributed by atoms with Crippen molar-refractivity contribution in [1.29, 1.82) is 0 Å². The summed E-state index contributed by atoms with van der Waals surface area (Å²) in [5.41, 5.74) is 5.89. The molecule has 2 aliphatic rings. The van der Waals surface area contributed by atoms with Gasteiger partial charge in [-0.2, -0.15) is 0 Å². The Morgan fingerprint density at radius 3 is 2.67 bits per heavy atom. The van der Waals surface area contributed by atoms with E-state index in [0.29, 0.717) is 11.8 Å². The standard InChI is InChI=1S/C9H13NO2/c1-12-9(11)7-5-2-3-6(4-5)8(7)10/h2-3,5-8H,4,10H2,1H3/t5-,6-,7+,8-/m0/s1. The lowest BCUT2D eigenvalue weighted by Crippen LogP contribution is -2.39. The Labute approximate surface area is 71.6 Å². The van der Waals surface area contributed by atoms with Crippen molar-refractivity contribution < 1.29 is 9.53 Å². The van der Waals surface area contributed by atoms with E-state index in [1.807, 2.05) is 0 Å². The fraction of sp³-hybridized carbons (Fsp3) is 0.667. The highest BCUT2D eigenvalue weighted by atomic mass is 16.5. The third kappa shape index (κ3) is 0.894. The molecule has 3 nitrogen and oxygen atoms in total. The minimum absolute atomic E-state index is 0.0209. The van der Waals surface area contributed by atoms with Gasteiger partial charge < -0.3 is 10.5 Å². The quantitative estimate of drug-likeness (QED) is 0.451. The van der Waals surface area contributed by atoms with Crippen molar-refractivity contribution in [2.45, 2.75) is 12.5 Å². The molecule has 0 aliphatic heterocycles. The number of allylic oxidation sites excluding steroid dienone is 1.